The van der Waals surface area contributed by atoms with Crippen LogP contribution in [0.1, 0.15) is 19.4 Å². The van der Waals surface area contributed by atoms with Crippen LogP contribution in [0, 0.1) is 0 Å². The molecule has 0 radical (unpaired) electrons. The monoisotopic (exact) mass is 233 g/mol. The van der Waals surface area contributed by atoms with E-state index in [1.165, 1.54) is 6.26 Å². The molecule has 0 spiro atoms. The molecule has 0 bridgehead atoms. The van der Waals surface area contributed by atoms with Crippen LogP contribution in [0.15, 0.2) is 42.1 Å². The Bertz CT molecular complexity index is 417. The van der Waals surface area contributed by atoms with Gasteiger partial charge in [-0.15, -0.1) is 0 Å². The van der Waals surface area contributed by atoms with E-state index in [2.05, 4.69) is 11.6 Å². The van der Waals surface area contributed by atoms with Crippen molar-refractivity contribution in [3.8, 4) is 5.75 Å². The fourth-order valence-corrected chi connectivity index (χ4v) is 1.29. The fourth-order valence-electron chi connectivity index (χ4n) is 1.29. The molecule has 0 aliphatic heterocycles. The van der Waals surface area contributed by atoms with Crippen LogP contribution in [0.5, 0.6) is 5.75 Å². The third-order valence-corrected chi connectivity index (χ3v) is 2.30. The number of aliphatic imine (C=N–C) groups is 1. The van der Waals surface area contributed by atoms with E-state index in [1.54, 1.807) is 18.2 Å². The lowest BCUT2D eigenvalue weighted by Crippen LogP contribution is -2.13. The van der Waals surface area contributed by atoms with Crippen LogP contribution in [-0.4, -0.2) is 12.9 Å². The second-order valence-electron chi connectivity index (χ2n) is 3.88. The lowest BCUT2D eigenvalue weighted by atomic mass is 9.95. The van der Waals surface area contributed by atoms with Crippen molar-refractivity contribution in [3.05, 3.63) is 42.7 Å². The quantitative estimate of drug-likeness (QED) is 0.249. The normalized spacial score (nSPS) is 10.2. The second-order valence-corrected chi connectivity index (χ2v) is 3.88. The van der Waals surface area contributed by atoms with E-state index in [1.807, 2.05) is 26.0 Å². The number of carbonyl (C=O) groups excluding carboxylic acids is 1. The molecule has 4 heteroatoms. The molecule has 0 saturated heterocycles. The molecule has 0 aliphatic carbocycles. The highest BCUT2D eigenvalue weighted by atomic mass is 16.7. The second kappa shape index (κ2) is 5.87. The summed E-state index contributed by atoms with van der Waals surface area (Å²) >= 11 is 0. The van der Waals surface area contributed by atoms with E-state index in [0.29, 0.717) is 5.75 Å². The van der Waals surface area contributed by atoms with Gasteiger partial charge in [-0.3, -0.25) is 0 Å². The smallest absolute Gasteiger partial charge is 0.235 e. The van der Waals surface area contributed by atoms with E-state index in [-0.39, 0.29) is 6.79 Å². The maximum absolute atomic E-state index is 10.3. The molecule has 0 aliphatic rings. The Morgan fingerprint density at radius 3 is 2.59 bits per heavy atom. The molecule has 0 saturated carbocycles. The molecular formula is C13H15NO3. The van der Waals surface area contributed by atoms with Crippen molar-refractivity contribution < 1.29 is 14.3 Å². The van der Waals surface area contributed by atoms with Gasteiger partial charge in [0.15, 0.2) is 0 Å². The molecular weight excluding hydrogens is 218 g/mol. The number of benzene rings is 1. The molecule has 17 heavy (non-hydrogen) atoms. The minimum absolute atomic E-state index is 0.124. The highest BCUT2D eigenvalue weighted by molar-refractivity contribution is 5.38. The summed E-state index contributed by atoms with van der Waals surface area (Å²) in [5.41, 5.74) is 0.343. The Hall–Kier alpha value is -2.06. The standard InChI is InChI=1S/C13H15NO3/c1-4-16-10-17-12-7-5-11(6-8-12)13(2,3)14-9-15/h4-8H,1,10H2,2-3H3. The van der Waals surface area contributed by atoms with Crippen LogP contribution in [0.25, 0.3) is 0 Å². The number of isocyanates is 1. The third kappa shape index (κ3) is 3.78. The van der Waals surface area contributed by atoms with Gasteiger partial charge in [-0.2, -0.15) is 4.99 Å². The average molecular weight is 233 g/mol. The SMILES string of the molecule is C=COCOc1ccc(C(C)(C)N=C=O)cc1. The fraction of sp³-hybridized carbons (Fsp3) is 0.308. The van der Waals surface area contributed by atoms with Crippen molar-refractivity contribution in [1.29, 1.82) is 0 Å². The van der Waals surface area contributed by atoms with Gasteiger partial charge in [-0.25, -0.2) is 4.79 Å². The zero-order chi connectivity index (χ0) is 12.7. The van der Waals surface area contributed by atoms with E-state index < -0.39 is 5.54 Å². The maximum atomic E-state index is 10.3. The van der Waals surface area contributed by atoms with E-state index in [4.69, 9.17) is 9.47 Å². The summed E-state index contributed by atoms with van der Waals surface area (Å²) in [7, 11) is 0. The summed E-state index contributed by atoms with van der Waals surface area (Å²) < 4.78 is 10.1. The molecule has 0 amide bonds. The van der Waals surface area contributed by atoms with Crippen molar-refractivity contribution in [3.63, 3.8) is 0 Å². The molecule has 1 aromatic carbocycles. The zero-order valence-corrected chi connectivity index (χ0v) is 9.97. The molecule has 1 rings (SSSR count). The lowest BCUT2D eigenvalue weighted by molar-refractivity contribution is 0.0806. The number of rotatable bonds is 6. The van der Waals surface area contributed by atoms with Crippen LogP contribution in [0.2, 0.25) is 0 Å². The molecule has 4 nitrogen and oxygen atoms in total. The first-order valence-electron chi connectivity index (χ1n) is 5.15. The van der Waals surface area contributed by atoms with Gasteiger partial charge >= 0.3 is 0 Å². The summed E-state index contributed by atoms with van der Waals surface area (Å²) in [6, 6.07) is 7.29. The highest BCUT2D eigenvalue weighted by Gasteiger charge is 2.18. The minimum atomic E-state index is -0.572. The van der Waals surface area contributed by atoms with Crippen molar-refractivity contribution in [1.82, 2.24) is 0 Å². The van der Waals surface area contributed by atoms with Crippen LogP contribution >= 0.6 is 0 Å². The zero-order valence-electron chi connectivity index (χ0n) is 9.97. The number of hydrogen-bond acceptors (Lipinski definition) is 4. The van der Waals surface area contributed by atoms with Crippen molar-refractivity contribution >= 4 is 6.08 Å². The Morgan fingerprint density at radius 2 is 2.06 bits per heavy atom. The van der Waals surface area contributed by atoms with Crippen LogP contribution in [0.3, 0.4) is 0 Å². The molecule has 0 fully saturated rings. The molecule has 0 heterocycles. The van der Waals surface area contributed by atoms with Gasteiger partial charge in [-0.1, -0.05) is 18.7 Å². The lowest BCUT2D eigenvalue weighted by Gasteiger charge is -2.18. The predicted molar refractivity (Wildman–Crippen MR) is 64.4 cm³/mol. The predicted octanol–water partition coefficient (Wildman–Crippen LogP) is 2.75. The number of hydrogen-bond donors (Lipinski definition) is 0. The molecule has 0 N–H and O–H groups in total. The van der Waals surface area contributed by atoms with Crippen LogP contribution in [0.4, 0.5) is 0 Å². The molecule has 0 unspecified atom stereocenters. The minimum Gasteiger partial charge on any atom is -0.466 e. The number of ether oxygens (including phenoxy) is 2. The molecule has 1 aromatic rings. The van der Waals surface area contributed by atoms with E-state index >= 15 is 0 Å². The first-order valence-corrected chi connectivity index (χ1v) is 5.15. The van der Waals surface area contributed by atoms with Crippen LogP contribution < -0.4 is 4.74 Å². The van der Waals surface area contributed by atoms with Crippen molar-refractivity contribution in [2.75, 3.05) is 6.79 Å². The van der Waals surface area contributed by atoms with Gasteiger partial charge in [0.05, 0.1) is 11.8 Å². The van der Waals surface area contributed by atoms with Gasteiger partial charge in [0.2, 0.25) is 12.9 Å². The van der Waals surface area contributed by atoms with Crippen molar-refractivity contribution in [2.24, 2.45) is 4.99 Å². The van der Waals surface area contributed by atoms with Gasteiger partial charge in [-0.05, 0) is 31.5 Å². The molecule has 0 atom stereocenters. The van der Waals surface area contributed by atoms with E-state index in [0.717, 1.165) is 5.56 Å². The Balaban J connectivity index is 2.73. The number of nitrogens with zero attached hydrogens (tertiary/aromatic N) is 1. The van der Waals surface area contributed by atoms with Gasteiger partial charge < -0.3 is 9.47 Å². The summed E-state index contributed by atoms with van der Waals surface area (Å²) in [6.45, 7) is 7.22. The highest BCUT2D eigenvalue weighted by Crippen LogP contribution is 2.25. The topological polar surface area (TPSA) is 47.9 Å². The maximum Gasteiger partial charge on any atom is 0.235 e. The van der Waals surface area contributed by atoms with E-state index in [9.17, 15) is 4.79 Å². The summed E-state index contributed by atoms with van der Waals surface area (Å²) in [4.78, 5) is 14.0. The Kier molecular flexibility index (Phi) is 4.49. The van der Waals surface area contributed by atoms with Gasteiger partial charge in [0.25, 0.3) is 0 Å². The van der Waals surface area contributed by atoms with Crippen molar-refractivity contribution in [2.45, 2.75) is 19.4 Å². The average Bonchev–Trinajstić information content (AvgIpc) is 2.30. The Labute approximate surface area is 101 Å². The Morgan fingerprint density at radius 1 is 1.41 bits per heavy atom. The summed E-state index contributed by atoms with van der Waals surface area (Å²) in [6.07, 6.45) is 2.89. The van der Waals surface area contributed by atoms with Gasteiger partial charge in [0, 0.05) is 0 Å². The van der Waals surface area contributed by atoms with Gasteiger partial charge in [0.1, 0.15) is 5.75 Å². The third-order valence-electron chi connectivity index (χ3n) is 2.30. The molecule has 90 valence electrons. The molecule has 0 aromatic heterocycles. The first-order chi connectivity index (χ1) is 8.10. The van der Waals surface area contributed by atoms with Crippen LogP contribution in [-0.2, 0) is 15.1 Å². The first kappa shape index (κ1) is 13.0. The largest absolute Gasteiger partial charge is 0.466 e. The summed E-state index contributed by atoms with van der Waals surface area (Å²) in [5, 5.41) is 0. The summed E-state index contributed by atoms with van der Waals surface area (Å²) in [5.74, 6) is 0.682.